The number of amides is 2. The largest absolute Gasteiger partial charge is 0.573 e. The van der Waals surface area contributed by atoms with Gasteiger partial charge in [-0.15, -0.1) is 13.2 Å². The van der Waals surface area contributed by atoms with Gasteiger partial charge in [-0.1, -0.05) is 15.9 Å². The molecule has 1 rings (SSSR count). The molecule has 0 aliphatic carbocycles. The van der Waals surface area contributed by atoms with Crippen molar-refractivity contribution in [1.82, 2.24) is 5.32 Å². The molecule has 0 radical (unpaired) electrons. The van der Waals surface area contributed by atoms with Gasteiger partial charge in [0.2, 0.25) is 0 Å². The Morgan fingerprint density at radius 3 is 2.00 bits per heavy atom. The van der Waals surface area contributed by atoms with Gasteiger partial charge in [0.15, 0.2) is 11.3 Å². The highest BCUT2D eigenvalue weighted by atomic mass is 79.9. The van der Waals surface area contributed by atoms with Crippen molar-refractivity contribution < 1.29 is 44.7 Å². The Labute approximate surface area is 150 Å². The summed E-state index contributed by atoms with van der Waals surface area (Å²) < 4.78 is 106. The fourth-order valence-corrected chi connectivity index (χ4v) is 1.96. The minimum atomic E-state index is -5.55. The molecule has 13 heteroatoms. The number of anilines is 1. The number of hydrogen-bond acceptors (Lipinski definition) is 2. The van der Waals surface area contributed by atoms with E-state index in [0.29, 0.717) is 0 Å². The van der Waals surface area contributed by atoms with Gasteiger partial charge in [0, 0.05) is 11.4 Å². The van der Waals surface area contributed by atoms with Crippen LogP contribution >= 0.6 is 15.9 Å². The molecule has 2 N–H and O–H groups in total. The van der Waals surface area contributed by atoms with Crippen LogP contribution in [0.2, 0.25) is 0 Å². The Hall–Kier alpha value is -1.79. The number of carbonyl (C=O) groups excluding carboxylic acids is 1. The van der Waals surface area contributed by atoms with Crippen molar-refractivity contribution in [2.75, 3.05) is 5.32 Å². The average Bonchev–Trinajstić information content (AvgIpc) is 2.37. The minimum Gasteiger partial charge on any atom is -0.404 e. The molecular formula is C13H11BrF8N2O2. The quantitative estimate of drug-likeness (QED) is 0.589. The Morgan fingerprint density at radius 2 is 1.58 bits per heavy atom. The molecule has 0 saturated carbocycles. The van der Waals surface area contributed by atoms with E-state index in [4.69, 9.17) is 0 Å². The molecule has 1 aromatic carbocycles. The van der Waals surface area contributed by atoms with Gasteiger partial charge in [-0.3, -0.25) is 0 Å². The Balaban J connectivity index is 3.11. The molecule has 26 heavy (non-hydrogen) atoms. The number of nitrogens with one attached hydrogen (secondary N) is 2. The lowest BCUT2D eigenvalue weighted by Crippen LogP contribution is -2.66. The molecule has 0 heterocycles. The second-order valence-electron chi connectivity index (χ2n) is 5.28. The van der Waals surface area contributed by atoms with Crippen LogP contribution in [0.25, 0.3) is 0 Å². The first-order valence-electron chi connectivity index (χ1n) is 6.55. The van der Waals surface area contributed by atoms with E-state index in [2.05, 4.69) is 20.7 Å². The first kappa shape index (κ1) is 22.3. The number of hydrogen-bond donors (Lipinski definition) is 2. The zero-order chi connectivity index (χ0) is 20.6. The molecule has 1 atom stereocenters. The van der Waals surface area contributed by atoms with Crippen molar-refractivity contribution >= 4 is 27.6 Å². The predicted molar refractivity (Wildman–Crippen MR) is 78.1 cm³/mol. The van der Waals surface area contributed by atoms with Gasteiger partial charge in [0.25, 0.3) is 5.92 Å². The first-order valence-corrected chi connectivity index (χ1v) is 7.34. The summed E-state index contributed by atoms with van der Waals surface area (Å²) in [6.45, 7) is -0.0140. The highest BCUT2D eigenvalue weighted by Gasteiger charge is 2.65. The number of halogens is 9. The molecule has 0 fully saturated rings. The molecule has 1 aromatic rings. The normalized spacial score (nSPS) is 15.2. The molecule has 2 amide bonds. The Bertz CT molecular complexity index is 656. The molecule has 0 aromatic heterocycles. The molecular weight excluding hydrogens is 448 g/mol. The SMILES string of the molecule is CC(F)(F)C(C)(NC(=O)Nc1ccc(Br)cc1OC(F)(F)F)C(F)(F)F. The van der Waals surface area contributed by atoms with E-state index in [9.17, 15) is 39.9 Å². The first-order chi connectivity index (χ1) is 11.5. The smallest absolute Gasteiger partial charge is 0.404 e. The maximum atomic E-state index is 13.4. The maximum Gasteiger partial charge on any atom is 0.573 e. The fourth-order valence-electron chi connectivity index (χ4n) is 1.62. The summed E-state index contributed by atoms with van der Waals surface area (Å²) in [4.78, 5) is 11.7. The van der Waals surface area contributed by atoms with Crippen molar-refractivity contribution in [3.05, 3.63) is 22.7 Å². The number of alkyl halides is 8. The molecule has 0 aliphatic heterocycles. The van der Waals surface area contributed by atoms with Crippen LogP contribution in [-0.4, -0.2) is 30.0 Å². The maximum absolute atomic E-state index is 13.4. The standard InChI is InChI=1S/C13H11BrF8N2O2/c1-10(11(2,15)16,12(17,18)19)24-9(25)23-7-4-3-6(14)5-8(7)26-13(20,21)22/h3-5H,1-2H3,(H2,23,24,25). The zero-order valence-corrected chi connectivity index (χ0v) is 14.5. The minimum absolute atomic E-state index is 0.0429. The number of benzene rings is 1. The Morgan fingerprint density at radius 1 is 1.04 bits per heavy atom. The molecule has 148 valence electrons. The van der Waals surface area contributed by atoms with Crippen LogP contribution < -0.4 is 15.4 Å². The van der Waals surface area contributed by atoms with Crippen molar-refractivity contribution in [3.8, 4) is 5.75 Å². The Kier molecular flexibility index (Phi) is 6.06. The molecule has 1 unspecified atom stereocenters. The topological polar surface area (TPSA) is 50.4 Å². The van der Waals surface area contributed by atoms with E-state index < -0.39 is 41.5 Å². The van der Waals surface area contributed by atoms with Crippen molar-refractivity contribution in [1.29, 1.82) is 0 Å². The number of carbonyl (C=O) groups is 1. The van der Waals surface area contributed by atoms with Gasteiger partial charge in [0.1, 0.15) is 0 Å². The van der Waals surface area contributed by atoms with Gasteiger partial charge >= 0.3 is 18.6 Å². The third kappa shape index (κ3) is 5.35. The van der Waals surface area contributed by atoms with E-state index in [0.717, 1.165) is 23.5 Å². The number of ether oxygens (including phenoxy) is 1. The van der Waals surface area contributed by atoms with Crippen molar-refractivity contribution in [2.24, 2.45) is 0 Å². The fraction of sp³-hybridized carbons (Fsp3) is 0.462. The summed E-state index contributed by atoms with van der Waals surface area (Å²) >= 11 is 2.85. The summed E-state index contributed by atoms with van der Waals surface area (Å²) in [6, 6.07) is 0.997. The van der Waals surface area contributed by atoms with Crippen LogP contribution in [0, 0.1) is 0 Å². The van der Waals surface area contributed by atoms with Crippen LogP contribution in [-0.2, 0) is 0 Å². The van der Waals surface area contributed by atoms with Gasteiger partial charge in [-0.25, -0.2) is 13.6 Å². The lowest BCUT2D eigenvalue weighted by molar-refractivity contribution is -0.274. The van der Waals surface area contributed by atoms with Gasteiger partial charge in [-0.05, 0) is 25.1 Å². The predicted octanol–water partition coefficient (Wildman–Crippen LogP) is 5.45. The number of urea groups is 1. The van der Waals surface area contributed by atoms with Gasteiger partial charge in [0.05, 0.1) is 5.69 Å². The second-order valence-corrected chi connectivity index (χ2v) is 6.19. The molecule has 0 aliphatic rings. The van der Waals surface area contributed by atoms with E-state index in [-0.39, 0.29) is 18.3 Å². The van der Waals surface area contributed by atoms with E-state index in [1.54, 1.807) is 5.32 Å². The van der Waals surface area contributed by atoms with Crippen LogP contribution in [0.4, 0.5) is 45.6 Å². The summed E-state index contributed by atoms with van der Waals surface area (Å²) in [5.41, 5.74) is -4.66. The summed E-state index contributed by atoms with van der Waals surface area (Å²) in [6.07, 6.45) is -10.7. The third-order valence-electron chi connectivity index (χ3n) is 3.23. The third-order valence-corrected chi connectivity index (χ3v) is 3.72. The second kappa shape index (κ2) is 7.08. The highest BCUT2D eigenvalue weighted by molar-refractivity contribution is 9.10. The average molecular weight is 459 g/mol. The van der Waals surface area contributed by atoms with E-state index >= 15 is 0 Å². The lowest BCUT2D eigenvalue weighted by atomic mass is 9.94. The van der Waals surface area contributed by atoms with Crippen LogP contribution in [0.15, 0.2) is 22.7 Å². The van der Waals surface area contributed by atoms with Crippen LogP contribution in [0.1, 0.15) is 13.8 Å². The molecule has 0 saturated heterocycles. The summed E-state index contributed by atoms with van der Waals surface area (Å²) in [5, 5.41) is 2.68. The van der Waals surface area contributed by atoms with Crippen molar-refractivity contribution in [3.63, 3.8) is 0 Å². The van der Waals surface area contributed by atoms with Gasteiger partial charge in [-0.2, -0.15) is 13.2 Å². The van der Waals surface area contributed by atoms with Crippen LogP contribution in [0.5, 0.6) is 5.75 Å². The zero-order valence-electron chi connectivity index (χ0n) is 13.0. The lowest BCUT2D eigenvalue weighted by Gasteiger charge is -2.37. The van der Waals surface area contributed by atoms with E-state index in [1.165, 1.54) is 0 Å². The molecule has 0 spiro atoms. The van der Waals surface area contributed by atoms with Crippen molar-refractivity contribution in [2.45, 2.75) is 37.8 Å². The monoisotopic (exact) mass is 458 g/mol. The summed E-state index contributed by atoms with van der Waals surface area (Å²) in [5.74, 6) is -5.38. The molecule has 4 nitrogen and oxygen atoms in total. The summed E-state index contributed by atoms with van der Waals surface area (Å²) in [7, 11) is 0. The van der Waals surface area contributed by atoms with Crippen LogP contribution in [0.3, 0.4) is 0 Å². The van der Waals surface area contributed by atoms with Gasteiger partial charge < -0.3 is 15.4 Å². The number of rotatable bonds is 4. The van der Waals surface area contributed by atoms with E-state index in [1.807, 2.05) is 0 Å². The highest BCUT2D eigenvalue weighted by Crippen LogP contribution is 2.41. The molecule has 0 bridgehead atoms.